The van der Waals surface area contributed by atoms with Gasteiger partial charge in [-0.15, -0.1) is 0 Å². The van der Waals surface area contributed by atoms with Crippen LogP contribution in [0.1, 0.15) is 16.7 Å². The third-order valence-corrected chi connectivity index (χ3v) is 6.18. The third-order valence-electron chi connectivity index (χ3n) is 3.56. The van der Waals surface area contributed by atoms with Gasteiger partial charge < -0.3 is 14.6 Å². The molecule has 0 saturated carbocycles. The zero-order valence-electron chi connectivity index (χ0n) is 14.8. The van der Waals surface area contributed by atoms with Gasteiger partial charge in [-0.1, -0.05) is 15.9 Å². The molecule has 144 valence electrons. The average molecular weight is 565 g/mol. The van der Waals surface area contributed by atoms with E-state index in [4.69, 9.17) is 9.47 Å². The Bertz CT molecular complexity index is 878. The van der Waals surface area contributed by atoms with Crippen LogP contribution in [0, 0.1) is 13.8 Å². The lowest BCUT2D eigenvalue weighted by atomic mass is 10.1. The number of nitrogens with zero attached hydrogens (tertiary/aromatic N) is 1. The van der Waals surface area contributed by atoms with E-state index in [2.05, 4.69) is 58.3 Å². The first-order valence-electron chi connectivity index (χ1n) is 7.71. The number of halogens is 3. The molecule has 0 unspecified atom stereocenters. The SMILES string of the molecule is COc1cc(/C=N\NC(=O)COc2c(C)cc(Br)cc2C)c(Br)c(Br)c1O. The number of hydrogen-bond acceptors (Lipinski definition) is 5. The van der Waals surface area contributed by atoms with Crippen molar-refractivity contribution in [2.75, 3.05) is 13.7 Å². The van der Waals surface area contributed by atoms with Gasteiger partial charge in [-0.3, -0.25) is 4.79 Å². The predicted molar refractivity (Wildman–Crippen MR) is 115 cm³/mol. The standard InChI is InChI=1S/C18H17Br3N2O4/c1-9-4-12(19)5-10(2)18(9)27-8-14(24)23-22-7-11-6-13(26-3)17(25)16(21)15(11)20/h4-7,25H,8H2,1-3H3,(H,23,24)/b22-7-. The largest absolute Gasteiger partial charge is 0.503 e. The van der Waals surface area contributed by atoms with Gasteiger partial charge in [0.25, 0.3) is 5.91 Å². The number of amides is 1. The predicted octanol–water partition coefficient (Wildman–Crippen LogP) is 4.83. The molecule has 0 fully saturated rings. The van der Waals surface area contributed by atoms with E-state index in [9.17, 15) is 9.90 Å². The molecule has 0 aromatic heterocycles. The molecule has 0 aliphatic carbocycles. The van der Waals surface area contributed by atoms with Crippen LogP contribution in [0.5, 0.6) is 17.2 Å². The summed E-state index contributed by atoms with van der Waals surface area (Å²) in [4.78, 5) is 12.0. The van der Waals surface area contributed by atoms with E-state index in [1.165, 1.54) is 13.3 Å². The summed E-state index contributed by atoms with van der Waals surface area (Å²) in [7, 11) is 1.45. The van der Waals surface area contributed by atoms with E-state index >= 15 is 0 Å². The molecule has 2 aromatic rings. The number of nitrogens with one attached hydrogen (secondary N) is 1. The van der Waals surface area contributed by atoms with Gasteiger partial charge in [0, 0.05) is 14.5 Å². The molecule has 0 atom stereocenters. The molecule has 0 saturated heterocycles. The molecule has 9 heteroatoms. The van der Waals surface area contributed by atoms with Crippen LogP contribution in [-0.2, 0) is 4.79 Å². The topological polar surface area (TPSA) is 80.2 Å². The first-order chi connectivity index (χ1) is 12.7. The van der Waals surface area contributed by atoms with E-state index in [1.807, 2.05) is 26.0 Å². The van der Waals surface area contributed by atoms with Crippen molar-refractivity contribution >= 4 is 59.9 Å². The van der Waals surface area contributed by atoms with Crippen molar-refractivity contribution in [3.8, 4) is 17.2 Å². The van der Waals surface area contributed by atoms with Crippen LogP contribution in [-0.4, -0.2) is 30.9 Å². The number of aromatic hydroxyl groups is 1. The fraction of sp³-hybridized carbons (Fsp3) is 0.222. The van der Waals surface area contributed by atoms with E-state index < -0.39 is 5.91 Å². The van der Waals surface area contributed by atoms with Crippen LogP contribution in [0.2, 0.25) is 0 Å². The number of carbonyl (C=O) groups excluding carboxylic acids is 1. The maximum absolute atomic E-state index is 12.0. The Balaban J connectivity index is 2.01. The van der Waals surface area contributed by atoms with Gasteiger partial charge in [0.15, 0.2) is 18.1 Å². The maximum atomic E-state index is 12.0. The van der Waals surface area contributed by atoms with Gasteiger partial charge in [-0.2, -0.15) is 5.10 Å². The molecule has 2 aromatic carbocycles. The van der Waals surface area contributed by atoms with Crippen LogP contribution in [0.4, 0.5) is 0 Å². The summed E-state index contributed by atoms with van der Waals surface area (Å²) in [5, 5.41) is 13.8. The zero-order chi connectivity index (χ0) is 20.1. The van der Waals surface area contributed by atoms with Gasteiger partial charge in [-0.05, 0) is 75.0 Å². The highest BCUT2D eigenvalue weighted by molar-refractivity contribution is 9.13. The van der Waals surface area contributed by atoms with Crippen molar-refractivity contribution < 1.29 is 19.4 Å². The van der Waals surface area contributed by atoms with Crippen molar-refractivity contribution in [2.24, 2.45) is 5.10 Å². The number of methoxy groups -OCH3 is 1. The first kappa shape index (κ1) is 21.7. The van der Waals surface area contributed by atoms with Crippen molar-refractivity contribution in [2.45, 2.75) is 13.8 Å². The molecule has 0 aliphatic heterocycles. The highest BCUT2D eigenvalue weighted by atomic mass is 79.9. The van der Waals surface area contributed by atoms with E-state index in [0.717, 1.165) is 15.6 Å². The van der Waals surface area contributed by atoms with E-state index in [-0.39, 0.29) is 18.1 Å². The average Bonchev–Trinajstić information content (AvgIpc) is 2.60. The molecule has 27 heavy (non-hydrogen) atoms. The fourth-order valence-electron chi connectivity index (χ4n) is 2.33. The van der Waals surface area contributed by atoms with Crippen LogP contribution in [0.3, 0.4) is 0 Å². The monoisotopic (exact) mass is 562 g/mol. The maximum Gasteiger partial charge on any atom is 0.277 e. The highest BCUT2D eigenvalue weighted by Crippen LogP contribution is 2.41. The number of phenols is 1. The minimum absolute atomic E-state index is 0.0285. The van der Waals surface area contributed by atoms with Crippen molar-refractivity contribution in [1.82, 2.24) is 5.43 Å². The summed E-state index contributed by atoms with van der Waals surface area (Å²) >= 11 is 10.0. The summed E-state index contributed by atoms with van der Waals surface area (Å²) in [6, 6.07) is 5.43. The van der Waals surface area contributed by atoms with Crippen LogP contribution in [0.15, 0.2) is 36.7 Å². The minimum Gasteiger partial charge on any atom is -0.503 e. The summed E-state index contributed by atoms with van der Waals surface area (Å²) in [6.45, 7) is 3.66. The number of benzene rings is 2. The van der Waals surface area contributed by atoms with Gasteiger partial charge in [0.2, 0.25) is 0 Å². The van der Waals surface area contributed by atoms with Gasteiger partial charge in [0.1, 0.15) is 5.75 Å². The Kier molecular flexibility index (Phi) is 7.69. The number of rotatable bonds is 6. The Hall–Kier alpha value is -1.58. The summed E-state index contributed by atoms with van der Waals surface area (Å²) in [6.07, 6.45) is 1.44. The second-order valence-electron chi connectivity index (χ2n) is 5.60. The molecule has 0 radical (unpaired) electrons. The number of ether oxygens (including phenoxy) is 2. The lowest BCUT2D eigenvalue weighted by Gasteiger charge is -2.12. The Morgan fingerprint density at radius 3 is 2.41 bits per heavy atom. The number of hydrogen-bond donors (Lipinski definition) is 2. The molecule has 2 rings (SSSR count). The van der Waals surface area contributed by atoms with Crippen molar-refractivity contribution in [3.05, 3.63) is 48.3 Å². The number of aryl methyl sites for hydroxylation is 2. The molecule has 0 spiro atoms. The number of hydrazone groups is 1. The Morgan fingerprint density at radius 2 is 1.81 bits per heavy atom. The second kappa shape index (κ2) is 9.57. The lowest BCUT2D eigenvalue weighted by molar-refractivity contribution is -0.123. The number of carbonyl (C=O) groups is 1. The quantitative estimate of drug-likeness (QED) is 0.389. The molecule has 0 bridgehead atoms. The van der Waals surface area contributed by atoms with Gasteiger partial charge in [-0.25, -0.2) is 5.43 Å². The summed E-state index contributed by atoms with van der Waals surface area (Å²) in [5.74, 6) is 0.530. The van der Waals surface area contributed by atoms with Gasteiger partial charge in [0.05, 0.1) is 17.8 Å². The summed E-state index contributed by atoms with van der Waals surface area (Å²) < 4.78 is 12.7. The molecular formula is C18H17Br3N2O4. The smallest absolute Gasteiger partial charge is 0.277 e. The molecule has 1 amide bonds. The molecule has 6 nitrogen and oxygen atoms in total. The highest BCUT2D eigenvalue weighted by Gasteiger charge is 2.14. The van der Waals surface area contributed by atoms with Gasteiger partial charge >= 0.3 is 0 Å². The zero-order valence-corrected chi connectivity index (χ0v) is 19.5. The Labute approximate surface area is 182 Å². The van der Waals surface area contributed by atoms with Crippen molar-refractivity contribution in [1.29, 1.82) is 0 Å². The van der Waals surface area contributed by atoms with Crippen LogP contribution < -0.4 is 14.9 Å². The van der Waals surface area contributed by atoms with Crippen LogP contribution >= 0.6 is 47.8 Å². The molecular weight excluding hydrogens is 548 g/mol. The first-order valence-corrected chi connectivity index (χ1v) is 10.1. The molecule has 2 N–H and O–H groups in total. The van der Waals surface area contributed by atoms with E-state index in [1.54, 1.807) is 6.07 Å². The molecule has 0 heterocycles. The lowest BCUT2D eigenvalue weighted by Crippen LogP contribution is -2.25. The van der Waals surface area contributed by atoms with Crippen molar-refractivity contribution in [3.63, 3.8) is 0 Å². The summed E-state index contributed by atoms with van der Waals surface area (Å²) in [5.41, 5.74) is 4.88. The van der Waals surface area contributed by atoms with Crippen LogP contribution in [0.25, 0.3) is 0 Å². The van der Waals surface area contributed by atoms with E-state index in [0.29, 0.717) is 20.3 Å². The Morgan fingerprint density at radius 1 is 1.19 bits per heavy atom. The minimum atomic E-state index is -0.395. The normalized spacial score (nSPS) is 10.9. The third kappa shape index (κ3) is 5.46. The fourth-order valence-corrected chi connectivity index (χ4v) is 3.85. The second-order valence-corrected chi connectivity index (χ2v) is 8.10. The molecule has 0 aliphatic rings. The number of phenolic OH excluding ortho intramolecular Hbond substituents is 1.